The molecule has 14 rings (SSSR count). The number of aromatic amines is 2. The summed E-state index contributed by atoms with van der Waals surface area (Å²) in [4.78, 5) is 43.2. The van der Waals surface area contributed by atoms with Crippen LogP contribution < -0.4 is 15.6 Å². The van der Waals surface area contributed by atoms with Gasteiger partial charge in [-0.1, -0.05) is 172 Å². The fourth-order valence-corrected chi connectivity index (χ4v) is 11.7. The first-order valence-electron chi connectivity index (χ1n) is 29.5. The minimum absolute atomic E-state index is 0.301. The number of carbonyl (C=O) groups excluding carboxylic acids is 1. The highest BCUT2D eigenvalue weighted by Crippen LogP contribution is 2.39. The van der Waals surface area contributed by atoms with Crippen LogP contribution in [0.4, 0.5) is 5.69 Å². The van der Waals surface area contributed by atoms with E-state index >= 15 is 0 Å². The van der Waals surface area contributed by atoms with E-state index in [0.29, 0.717) is 11.3 Å². The molecule has 0 aliphatic carbocycles. The van der Waals surface area contributed by atoms with Gasteiger partial charge < -0.3 is 14.7 Å². The third kappa shape index (κ3) is 10.8. The summed E-state index contributed by atoms with van der Waals surface area (Å²) in [6, 6.07) is 75.9. The lowest BCUT2D eigenvalue weighted by Crippen LogP contribution is -2.29. The van der Waals surface area contributed by atoms with E-state index in [-0.39, 0.29) is 5.91 Å². The van der Waals surface area contributed by atoms with Crippen LogP contribution in [0.25, 0.3) is 135 Å². The van der Waals surface area contributed by atoms with Crippen LogP contribution in [0, 0.1) is 0 Å². The quantitative estimate of drug-likeness (QED) is 0.0430. The molecule has 0 saturated carbocycles. The second-order valence-corrected chi connectivity index (χ2v) is 21.7. The molecule has 0 radical (unpaired) electrons. The van der Waals surface area contributed by atoms with Crippen molar-refractivity contribution >= 4 is 79.8 Å². The predicted octanol–water partition coefficient (Wildman–Crippen LogP) is 18.9. The number of pyridine rings is 2. The Morgan fingerprint density at radius 1 is 0.407 bits per heavy atom. The number of carbonyl (C=O) groups is 1. The summed E-state index contributed by atoms with van der Waals surface area (Å²) in [5, 5.41) is 1.97. The van der Waals surface area contributed by atoms with Gasteiger partial charge in [-0.3, -0.25) is 15.6 Å². The highest BCUT2D eigenvalue weighted by atomic mass is 16.5. The Bertz CT molecular complexity index is 4720. The number of hydrogen-bond acceptors (Lipinski definition) is 7. The van der Waals surface area contributed by atoms with Gasteiger partial charge in [0.2, 0.25) is 0 Å². The van der Waals surface area contributed by atoms with Crippen molar-refractivity contribution in [2.45, 2.75) is 39.0 Å². The van der Waals surface area contributed by atoms with Crippen molar-refractivity contribution in [3.8, 4) is 72.8 Å². The minimum atomic E-state index is -0.301. The molecule has 10 nitrogen and oxygen atoms in total. The van der Waals surface area contributed by atoms with Gasteiger partial charge in [-0.25, -0.2) is 19.9 Å². The molecule has 416 valence electrons. The number of benzene rings is 7. The third-order valence-corrected chi connectivity index (χ3v) is 16.0. The van der Waals surface area contributed by atoms with Crippen molar-refractivity contribution in [1.82, 2.24) is 35.3 Å². The molecule has 7 heterocycles. The maximum Gasteiger partial charge on any atom is 0.269 e. The molecule has 8 bridgehead atoms. The number of fused-ring (bicyclic) bond motifs is 11. The van der Waals surface area contributed by atoms with Crippen LogP contribution in [0.2, 0.25) is 0 Å². The van der Waals surface area contributed by atoms with Crippen LogP contribution in [0.15, 0.2) is 224 Å². The van der Waals surface area contributed by atoms with E-state index in [9.17, 15) is 4.79 Å². The number of H-pyrrole nitrogens is 2. The van der Waals surface area contributed by atoms with Gasteiger partial charge in [0.05, 0.1) is 57.5 Å². The lowest BCUT2D eigenvalue weighted by atomic mass is 10.0. The maximum atomic E-state index is 14.2. The summed E-state index contributed by atoms with van der Waals surface area (Å²) in [6.45, 7) is 2.95. The summed E-state index contributed by atoms with van der Waals surface area (Å²) in [6.07, 6.45) is 14.4. The van der Waals surface area contributed by atoms with Gasteiger partial charge in [0, 0.05) is 71.8 Å². The van der Waals surface area contributed by atoms with E-state index in [1.165, 1.54) is 25.7 Å². The Morgan fingerprint density at radius 2 is 0.860 bits per heavy atom. The molecule has 12 aromatic rings. The Kier molecular flexibility index (Phi) is 14.6. The van der Waals surface area contributed by atoms with Crippen LogP contribution in [0.1, 0.15) is 72.2 Å². The van der Waals surface area contributed by atoms with Crippen molar-refractivity contribution < 1.29 is 9.53 Å². The van der Waals surface area contributed by atoms with Crippen LogP contribution in [0.3, 0.4) is 0 Å². The SMILES string of the molecule is CCCCCCCOc1ccc(-c2ccc3ccc4ccc(-c5cccc(C(=O)NNc6cccc(-c7c8nc(c(-c9ccccc9)c9ccc([nH]9)c(-c9ccccc9)c9nc(c(-c%10ccccc%10)c%10ccc7[nH]%10)C=C9)C=C8)c6)c5)nc4c3n2)cc1. The largest absolute Gasteiger partial charge is 0.494 e. The lowest BCUT2D eigenvalue weighted by molar-refractivity contribution is 0.0962. The zero-order valence-corrected chi connectivity index (χ0v) is 47.5. The molecule has 0 atom stereocenters. The number of hydrazine groups is 1. The molecule has 7 aromatic carbocycles. The zero-order valence-electron chi connectivity index (χ0n) is 47.5. The molecule has 1 amide bonds. The summed E-state index contributed by atoms with van der Waals surface area (Å²) in [7, 11) is 0. The minimum Gasteiger partial charge on any atom is -0.494 e. The molecule has 4 N–H and O–H groups in total. The molecule has 0 unspecified atom stereocenters. The fraction of sp³-hybridized carbons (Fsp3) is 0.0921. The Hall–Kier alpha value is -11.0. The number of nitrogens with one attached hydrogen (secondary N) is 4. The summed E-state index contributed by atoms with van der Waals surface area (Å²) >= 11 is 0. The van der Waals surface area contributed by atoms with Gasteiger partial charge in [0.25, 0.3) is 5.91 Å². The van der Waals surface area contributed by atoms with Crippen molar-refractivity contribution in [2.24, 2.45) is 0 Å². The van der Waals surface area contributed by atoms with Crippen molar-refractivity contribution in [1.29, 1.82) is 0 Å². The number of amides is 1. The van der Waals surface area contributed by atoms with Gasteiger partial charge in [-0.2, -0.15) is 0 Å². The van der Waals surface area contributed by atoms with Gasteiger partial charge in [-0.05, 0) is 138 Å². The molecule has 86 heavy (non-hydrogen) atoms. The number of rotatable bonds is 16. The number of nitrogens with zero attached hydrogens (tertiary/aromatic N) is 4. The van der Waals surface area contributed by atoms with E-state index in [2.05, 4.69) is 198 Å². The van der Waals surface area contributed by atoms with Gasteiger partial charge in [-0.15, -0.1) is 0 Å². The first-order chi connectivity index (χ1) is 42.5. The zero-order chi connectivity index (χ0) is 57.8. The monoisotopic (exact) mass is 1120 g/mol. The van der Waals surface area contributed by atoms with Gasteiger partial charge >= 0.3 is 0 Å². The Labute approximate surface area is 498 Å². The Balaban J connectivity index is 0.795. The van der Waals surface area contributed by atoms with Crippen molar-refractivity contribution in [3.05, 3.63) is 253 Å². The van der Waals surface area contributed by atoms with Crippen LogP contribution in [-0.4, -0.2) is 42.4 Å². The van der Waals surface area contributed by atoms with Gasteiger partial charge in [0.1, 0.15) is 5.75 Å². The lowest BCUT2D eigenvalue weighted by Gasteiger charge is -2.12. The van der Waals surface area contributed by atoms with E-state index in [0.717, 1.165) is 152 Å². The second-order valence-electron chi connectivity index (χ2n) is 21.7. The number of aromatic nitrogens is 6. The molecular formula is C76H60N8O2. The van der Waals surface area contributed by atoms with E-state index in [1.807, 2.05) is 78.9 Å². The van der Waals surface area contributed by atoms with E-state index in [4.69, 9.17) is 24.7 Å². The average molecular weight is 1120 g/mol. The van der Waals surface area contributed by atoms with Crippen LogP contribution in [-0.2, 0) is 0 Å². The maximum absolute atomic E-state index is 14.2. The fourth-order valence-electron chi connectivity index (χ4n) is 11.7. The normalized spacial score (nSPS) is 11.8. The molecule has 5 aromatic heterocycles. The number of anilines is 1. The van der Waals surface area contributed by atoms with E-state index in [1.54, 1.807) is 0 Å². The summed E-state index contributed by atoms with van der Waals surface area (Å²) in [5.74, 6) is 0.564. The van der Waals surface area contributed by atoms with Crippen LogP contribution >= 0.6 is 0 Å². The number of hydrogen-bond donors (Lipinski definition) is 4. The molecule has 0 fully saturated rings. The van der Waals surface area contributed by atoms with Crippen LogP contribution in [0.5, 0.6) is 5.75 Å². The molecular weight excluding hydrogens is 1060 g/mol. The van der Waals surface area contributed by atoms with Crippen molar-refractivity contribution in [2.75, 3.05) is 12.0 Å². The Morgan fingerprint density at radius 3 is 1.38 bits per heavy atom. The first kappa shape index (κ1) is 53.1. The number of ether oxygens (including phenoxy) is 1. The van der Waals surface area contributed by atoms with Crippen molar-refractivity contribution in [3.63, 3.8) is 0 Å². The summed E-state index contributed by atoms with van der Waals surface area (Å²) < 4.78 is 6.05. The average Bonchev–Trinajstić information content (AvgIpc) is 4.62. The first-order valence-corrected chi connectivity index (χ1v) is 29.5. The number of unbranched alkanes of at least 4 members (excludes halogenated alkanes) is 4. The smallest absolute Gasteiger partial charge is 0.269 e. The highest BCUT2D eigenvalue weighted by molar-refractivity contribution is 6.05. The molecule has 2 aliphatic rings. The molecule has 2 aliphatic heterocycles. The highest BCUT2D eigenvalue weighted by Gasteiger charge is 2.20. The molecule has 0 spiro atoms. The summed E-state index contributed by atoms with van der Waals surface area (Å²) in [5.41, 5.74) is 27.1. The van der Waals surface area contributed by atoms with Gasteiger partial charge in [0.15, 0.2) is 0 Å². The second kappa shape index (κ2) is 23.7. The topological polar surface area (TPSA) is 134 Å². The standard InChI is InChI=1S/C76H60N8O2/c1-2-3-4-5-15-46-86-59-34-30-49(31-35-59)60-36-32-53-28-29-54-33-37-61(82-75(54)74(53)81-60)55-24-16-26-57(47-55)76(85)84-83-58-27-17-25-56(48-58)73-68-44-42-66(79-68)71(51-20-11-7-12-21-51)64-40-38-62(77-64)70(50-18-9-6-10-19-50)63-39-41-65(78-63)72(52-22-13-8-14-23-52)67-43-45-69(73)80-67/h6-14,16-45,47-48,77,80,83H,2-5,15,46H2,1H3,(H,84,85). The molecule has 0 saturated heterocycles. The molecule has 10 heteroatoms. The van der Waals surface area contributed by atoms with E-state index < -0.39 is 0 Å². The predicted molar refractivity (Wildman–Crippen MR) is 354 cm³/mol. The third-order valence-electron chi connectivity index (χ3n) is 16.0.